The van der Waals surface area contributed by atoms with E-state index in [4.69, 9.17) is 4.65 Å². The Bertz CT molecular complexity index is 1350. The highest BCUT2D eigenvalue weighted by Gasteiger charge is 2.36. The zero-order valence-electron chi connectivity index (χ0n) is 20.6. The fourth-order valence-electron chi connectivity index (χ4n) is 4.42. The van der Waals surface area contributed by atoms with Crippen LogP contribution >= 0.6 is 0 Å². The Morgan fingerprint density at radius 3 is 1.56 bits per heavy atom. The first kappa shape index (κ1) is 28.0. The van der Waals surface area contributed by atoms with E-state index in [9.17, 15) is 31.1 Å². The second-order valence-electron chi connectivity index (χ2n) is 9.08. The van der Waals surface area contributed by atoms with Crippen molar-refractivity contribution in [3.05, 3.63) is 131 Å². The molecule has 0 atom stereocenters. The fraction of sp³-hybridized carbons (Fsp3) is 0.138. The number of carbonyl (C=O) groups excluding carboxylic acids is 1. The lowest BCUT2D eigenvalue weighted by atomic mass is 9.41. The Balaban J connectivity index is 1.78. The fourth-order valence-corrected chi connectivity index (χ4v) is 4.42. The minimum Gasteiger partial charge on any atom is -0.668 e. The highest BCUT2D eigenvalue weighted by Crippen LogP contribution is 2.18. The smallest absolute Gasteiger partial charge is 0.293 e. The first-order valence-electron chi connectivity index (χ1n) is 12.2. The third-order valence-corrected chi connectivity index (χ3v) is 6.38. The molecular formula is C29H23BF6NO2-. The summed E-state index contributed by atoms with van der Waals surface area (Å²) in [7, 11) is 0. The summed E-state index contributed by atoms with van der Waals surface area (Å²) in [6.07, 6.45) is 0.669. The summed E-state index contributed by atoms with van der Waals surface area (Å²) in [5.41, 5.74) is 0.693. The molecule has 202 valence electrons. The van der Waals surface area contributed by atoms with Crippen LogP contribution in [0.4, 0.5) is 26.3 Å². The van der Waals surface area contributed by atoms with E-state index >= 15 is 0 Å². The summed E-state index contributed by atoms with van der Waals surface area (Å²) in [4.78, 5) is 13.1. The molecule has 0 amide bonds. The van der Waals surface area contributed by atoms with E-state index in [1.807, 2.05) is 30.3 Å². The predicted octanol–water partition coefficient (Wildman–Crippen LogP) is 5.43. The van der Waals surface area contributed by atoms with Crippen molar-refractivity contribution in [1.29, 1.82) is 0 Å². The van der Waals surface area contributed by atoms with Gasteiger partial charge in [-0.15, -0.1) is 10.9 Å². The number of rotatable bonds is 10. The Kier molecular flexibility index (Phi) is 8.76. The van der Waals surface area contributed by atoms with Crippen LogP contribution in [0.1, 0.15) is 24.0 Å². The number of carbonyl (C=O) groups is 1. The van der Waals surface area contributed by atoms with Crippen LogP contribution in [0, 0.1) is 34.9 Å². The number of hydrogen-bond donors (Lipinski definition) is 1. The third kappa shape index (κ3) is 6.51. The summed E-state index contributed by atoms with van der Waals surface area (Å²) in [5, 5.41) is 2.88. The molecule has 0 bridgehead atoms. The van der Waals surface area contributed by atoms with E-state index < -0.39 is 58.3 Å². The quantitative estimate of drug-likeness (QED) is 0.165. The molecule has 0 aliphatic heterocycles. The maximum atomic E-state index is 14.4. The van der Waals surface area contributed by atoms with Gasteiger partial charge in [0.25, 0.3) is 12.5 Å². The molecule has 0 radical (unpaired) electrons. The highest BCUT2D eigenvalue weighted by molar-refractivity contribution is 6.96. The molecule has 0 saturated heterocycles. The Morgan fingerprint density at radius 2 is 1.10 bits per heavy atom. The minimum absolute atomic E-state index is 0.0979. The van der Waals surface area contributed by atoms with Gasteiger partial charge >= 0.3 is 0 Å². The molecule has 0 aliphatic rings. The van der Waals surface area contributed by atoms with Crippen LogP contribution in [-0.4, -0.2) is 12.5 Å². The van der Waals surface area contributed by atoms with Gasteiger partial charge in [0.2, 0.25) is 0 Å². The lowest BCUT2D eigenvalue weighted by molar-refractivity contribution is -0.135. The number of benzene rings is 4. The Labute approximate surface area is 221 Å². The second-order valence-corrected chi connectivity index (χ2v) is 9.08. The van der Waals surface area contributed by atoms with E-state index in [0.29, 0.717) is 42.7 Å². The van der Waals surface area contributed by atoms with Gasteiger partial charge in [0.15, 0.2) is 34.9 Å². The SMILES string of the molecule is O=C(CCCc1ccccc1)O[B-](NCc1ccccc1)(c1cc(F)c(F)c(F)c1)c1cc(F)c(F)c(F)c1. The topological polar surface area (TPSA) is 38.3 Å². The average molecular weight is 542 g/mol. The molecule has 0 spiro atoms. The van der Waals surface area contributed by atoms with Crippen LogP contribution in [0.15, 0.2) is 84.9 Å². The van der Waals surface area contributed by atoms with Crippen molar-refractivity contribution in [2.75, 3.05) is 0 Å². The van der Waals surface area contributed by atoms with E-state index in [1.54, 1.807) is 30.3 Å². The lowest BCUT2D eigenvalue weighted by Crippen LogP contribution is -2.71. The van der Waals surface area contributed by atoms with Gasteiger partial charge in [-0.3, -0.25) is 4.79 Å². The van der Waals surface area contributed by atoms with E-state index in [2.05, 4.69) is 5.23 Å². The van der Waals surface area contributed by atoms with Crippen LogP contribution in [0.5, 0.6) is 0 Å². The summed E-state index contributed by atoms with van der Waals surface area (Å²) < 4.78 is 91.2. The summed E-state index contributed by atoms with van der Waals surface area (Å²) in [6.45, 7) is -3.45. The van der Waals surface area contributed by atoms with Crippen molar-refractivity contribution >= 4 is 23.4 Å². The maximum Gasteiger partial charge on any atom is 0.293 e. The van der Waals surface area contributed by atoms with Gasteiger partial charge in [-0.2, -0.15) is 0 Å². The molecule has 0 aromatic heterocycles. The van der Waals surface area contributed by atoms with Crippen LogP contribution in [-0.2, 0) is 22.4 Å². The first-order chi connectivity index (χ1) is 18.7. The predicted molar refractivity (Wildman–Crippen MR) is 136 cm³/mol. The molecule has 0 fully saturated rings. The normalized spacial score (nSPS) is 11.4. The van der Waals surface area contributed by atoms with E-state index in [-0.39, 0.29) is 13.0 Å². The molecule has 39 heavy (non-hydrogen) atoms. The molecule has 4 aromatic rings. The number of nitrogens with one attached hydrogen (secondary N) is 1. The second kappa shape index (κ2) is 12.2. The zero-order chi connectivity index (χ0) is 28.0. The van der Waals surface area contributed by atoms with E-state index in [0.717, 1.165) is 5.56 Å². The number of hydrogen-bond acceptors (Lipinski definition) is 3. The molecule has 0 heterocycles. The van der Waals surface area contributed by atoms with Gasteiger partial charge in [-0.05, 0) is 30.5 Å². The lowest BCUT2D eigenvalue weighted by Gasteiger charge is -2.43. The van der Waals surface area contributed by atoms with Gasteiger partial charge in [0, 0.05) is 6.42 Å². The van der Waals surface area contributed by atoms with Crippen LogP contribution in [0.25, 0.3) is 0 Å². The highest BCUT2D eigenvalue weighted by atomic mass is 19.2. The van der Waals surface area contributed by atoms with Gasteiger partial charge in [-0.25, -0.2) is 26.3 Å². The summed E-state index contributed by atoms with van der Waals surface area (Å²) in [6, 6.07) is 20.1. The van der Waals surface area contributed by atoms with Crippen LogP contribution < -0.4 is 16.2 Å². The molecular weight excluding hydrogens is 519 g/mol. The Hall–Kier alpha value is -4.05. The molecule has 0 saturated carbocycles. The molecule has 0 aliphatic carbocycles. The van der Waals surface area contributed by atoms with Crippen molar-refractivity contribution in [1.82, 2.24) is 5.23 Å². The maximum absolute atomic E-state index is 14.4. The largest absolute Gasteiger partial charge is 0.668 e. The van der Waals surface area contributed by atoms with Crippen molar-refractivity contribution < 1.29 is 35.8 Å². The molecule has 10 heteroatoms. The van der Waals surface area contributed by atoms with Crippen LogP contribution in [0.2, 0.25) is 0 Å². The van der Waals surface area contributed by atoms with Gasteiger partial charge < -0.3 is 9.88 Å². The standard InChI is InChI=1S/C29H23BF6NO2/c31-23-14-21(15-24(32)28(23)35)30(37-18-20-10-5-2-6-11-20,22-16-25(33)29(36)26(34)17-22)39-27(38)13-7-12-19-8-3-1-4-9-19/h1-6,8-11,14-17,37H,7,12-13,18H2/q-1. The molecule has 4 rings (SSSR count). The summed E-state index contributed by atoms with van der Waals surface area (Å²) >= 11 is 0. The third-order valence-electron chi connectivity index (χ3n) is 6.38. The minimum atomic E-state index is -3.35. The summed E-state index contributed by atoms with van der Waals surface area (Å²) in [5.74, 6) is -10.9. The van der Waals surface area contributed by atoms with Crippen molar-refractivity contribution in [2.45, 2.75) is 25.8 Å². The zero-order valence-corrected chi connectivity index (χ0v) is 20.6. The first-order valence-corrected chi connectivity index (χ1v) is 12.2. The number of halogens is 6. The van der Waals surface area contributed by atoms with Gasteiger partial charge in [0.05, 0.1) is 0 Å². The van der Waals surface area contributed by atoms with E-state index in [1.165, 1.54) is 0 Å². The van der Waals surface area contributed by atoms with Crippen molar-refractivity contribution in [3.8, 4) is 0 Å². The van der Waals surface area contributed by atoms with Gasteiger partial charge in [-0.1, -0.05) is 84.9 Å². The molecule has 4 aromatic carbocycles. The average Bonchev–Trinajstić information content (AvgIpc) is 2.93. The Morgan fingerprint density at radius 1 is 0.667 bits per heavy atom. The van der Waals surface area contributed by atoms with Crippen LogP contribution in [0.3, 0.4) is 0 Å². The molecule has 0 unspecified atom stereocenters. The number of aryl methyl sites for hydroxylation is 1. The molecule has 1 N–H and O–H groups in total. The monoisotopic (exact) mass is 542 g/mol. The van der Waals surface area contributed by atoms with Crippen molar-refractivity contribution in [3.63, 3.8) is 0 Å². The molecule has 3 nitrogen and oxygen atoms in total. The van der Waals surface area contributed by atoms with Crippen molar-refractivity contribution in [2.24, 2.45) is 0 Å². The van der Waals surface area contributed by atoms with Gasteiger partial charge in [0.1, 0.15) is 0 Å².